The summed E-state index contributed by atoms with van der Waals surface area (Å²) in [6, 6.07) is 7.88. The fourth-order valence-corrected chi connectivity index (χ4v) is 5.87. The maximum atomic E-state index is 13.0. The number of benzene rings is 1. The molecule has 2 amide bonds. The third-order valence-corrected chi connectivity index (χ3v) is 8.06. The van der Waals surface area contributed by atoms with Gasteiger partial charge in [0.25, 0.3) is 11.8 Å². The van der Waals surface area contributed by atoms with Crippen LogP contribution in [0.4, 0.5) is 0 Å². The van der Waals surface area contributed by atoms with Crippen LogP contribution in [-0.4, -0.2) is 53.4 Å². The number of ether oxygens (including phenoxy) is 1. The fourth-order valence-electron chi connectivity index (χ4n) is 5.19. The van der Waals surface area contributed by atoms with E-state index in [9.17, 15) is 18.0 Å². The summed E-state index contributed by atoms with van der Waals surface area (Å²) >= 11 is 0. The summed E-state index contributed by atoms with van der Waals surface area (Å²) < 4.78 is 32.0. The molecule has 1 spiro atoms. The Morgan fingerprint density at radius 2 is 1.92 bits per heavy atom. The molecule has 0 saturated heterocycles. The Kier molecular flexibility index (Phi) is 5.82. The number of nitrogens with two attached hydrogens (primary N) is 1. The van der Waals surface area contributed by atoms with E-state index in [4.69, 9.17) is 10.5 Å². The second-order valence-electron chi connectivity index (χ2n) is 9.87. The van der Waals surface area contributed by atoms with Crippen molar-refractivity contribution in [3.63, 3.8) is 0 Å². The van der Waals surface area contributed by atoms with Crippen molar-refractivity contribution in [1.82, 2.24) is 20.1 Å². The van der Waals surface area contributed by atoms with E-state index >= 15 is 0 Å². The Morgan fingerprint density at radius 3 is 2.56 bits per heavy atom. The van der Waals surface area contributed by atoms with Crippen LogP contribution in [0, 0.1) is 5.41 Å². The van der Waals surface area contributed by atoms with Crippen molar-refractivity contribution in [2.45, 2.75) is 42.7 Å². The van der Waals surface area contributed by atoms with E-state index in [0.717, 1.165) is 37.5 Å². The highest BCUT2D eigenvalue weighted by molar-refractivity contribution is 7.90. The van der Waals surface area contributed by atoms with Gasteiger partial charge in [-0.15, -0.1) is 0 Å². The lowest BCUT2D eigenvalue weighted by Crippen LogP contribution is -2.58. The molecule has 36 heavy (non-hydrogen) atoms. The Morgan fingerprint density at radius 1 is 1.17 bits per heavy atom. The maximum Gasteiger partial charge on any atom is 0.254 e. The topological polar surface area (TPSA) is 146 Å². The van der Waals surface area contributed by atoms with Crippen molar-refractivity contribution in [1.29, 1.82) is 0 Å². The molecule has 2 saturated carbocycles. The van der Waals surface area contributed by atoms with Crippen LogP contribution >= 0.6 is 0 Å². The zero-order valence-corrected chi connectivity index (χ0v) is 20.8. The lowest BCUT2D eigenvalue weighted by molar-refractivity contribution is -0.0848. The molecule has 2 heterocycles. The van der Waals surface area contributed by atoms with Crippen LogP contribution in [0.25, 0.3) is 11.1 Å². The molecule has 188 valence electrons. The molecule has 0 atom stereocenters. The van der Waals surface area contributed by atoms with Gasteiger partial charge in [0.15, 0.2) is 9.84 Å². The number of amides is 2. The molecule has 0 aliphatic heterocycles. The van der Waals surface area contributed by atoms with E-state index in [1.165, 1.54) is 6.07 Å². The van der Waals surface area contributed by atoms with Crippen LogP contribution in [-0.2, 0) is 16.9 Å². The van der Waals surface area contributed by atoms with Gasteiger partial charge in [-0.2, -0.15) is 5.10 Å². The molecular weight excluding hydrogens is 482 g/mol. The highest BCUT2D eigenvalue weighted by atomic mass is 32.2. The predicted octanol–water partition coefficient (Wildman–Crippen LogP) is 2.10. The number of hydrogen-bond acceptors (Lipinski definition) is 7. The summed E-state index contributed by atoms with van der Waals surface area (Å²) in [5.74, 6) is -0.633. The number of rotatable bonds is 7. The quantitative estimate of drug-likeness (QED) is 0.496. The number of aryl methyl sites for hydroxylation is 1. The minimum atomic E-state index is -3.51. The van der Waals surface area contributed by atoms with E-state index in [-0.39, 0.29) is 39.8 Å². The molecule has 5 rings (SSSR count). The van der Waals surface area contributed by atoms with Gasteiger partial charge in [0.2, 0.25) is 5.88 Å². The first-order valence-corrected chi connectivity index (χ1v) is 13.5. The number of nitrogens with zero attached hydrogens (tertiary/aromatic N) is 3. The van der Waals surface area contributed by atoms with Gasteiger partial charge in [-0.05, 0) is 67.0 Å². The average molecular weight is 510 g/mol. The third kappa shape index (κ3) is 4.70. The van der Waals surface area contributed by atoms with Gasteiger partial charge in [-0.1, -0.05) is 0 Å². The molecule has 1 aromatic carbocycles. The largest absolute Gasteiger partial charge is 0.474 e. The van der Waals surface area contributed by atoms with Crippen LogP contribution in [0.1, 0.15) is 46.4 Å². The molecule has 11 heteroatoms. The van der Waals surface area contributed by atoms with E-state index < -0.39 is 15.7 Å². The molecule has 3 aromatic rings. The van der Waals surface area contributed by atoms with E-state index in [0.29, 0.717) is 11.1 Å². The van der Waals surface area contributed by atoms with Crippen molar-refractivity contribution < 1.29 is 22.7 Å². The van der Waals surface area contributed by atoms with E-state index in [1.54, 1.807) is 54.6 Å². The number of primary amides is 1. The molecule has 2 aliphatic rings. The predicted molar refractivity (Wildman–Crippen MR) is 131 cm³/mol. The molecule has 3 N–H and O–H groups in total. The minimum Gasteiger partial charge on any atom is -0.474 e. The summed E-state index contributed by atoms with van der Waals surface area (Å²) in [5.41, 5.74) is 7.39. The van der Waals surface area contributed by atoms with Crippen molar-refractivity contribution in [2.75, 3.05) is 6.26 Å². The van der Waals surface area contributed by atoms with Crippen molar-refractivity contribution in [3.8, 4) is 17.0 Å². The molecule has 0 radical (unpaired) electrons. The number of hydrogen-bond donors (Lipinski definition) is 2. The smallest absolute Gasteiger partial charge is 0.254 e. The van der Waals surface area contributed by atoms with Gasteiger partial charge in [0, 0.05) is 42.9 Å². The van der Waals surface area contributed by atoms with Gasteiger partial charge in [0.1, 0.15) is 11.7 Å². The van der Waals surface area contributed by atoms with Crippen LogP contribution < -0.4 is 15.8 Å². The SMILES string of the molecule is Cn1cc(-c2cc(C(=O)N[C@H]3CC4(C3)C[C@H](Oc3ncccc3C(N)=O)C4)cc(S(C)(=O)=O)c2)cn1. The zero-order chi connectivity index (χ0) is 25.7. The number of sulfone groups is 1. The van der Waals surface area contributed by atoms with Gasteiger partial charge in [0.05, 0.1) is 11.1 Å². The number of pyridine rings is 1. The Hall–Kier alpha value is -3.73. The lowest BCUT2D eigenvalue weighted by atomic mass is 9.53. The Labute approximate surface area is 208 Å². The van der Waals surface area contributed by atoms with Crippen molar-refractivity contribution >= 4 is 21.7 Å². The molecule has 0 unspecified atom stereocenters. The lowest BCUT2D eigenvalue weighted by Gasteiger charge is -2.57. The highest BCUT2D eigenvalue weighted by Crippen LogP contribution is 2.56. The summed E-state index contributed by atoms with van der Waals surface area (Å²) in [4.78, 5) is 28.8. The van der Waals surface area contributed by atoms with Gasteiger partial charge < -0.3 is 15.8 Å². The first-order chi connectivity index (χ1) is 17.0. The summed E-state index contributed by atoms with van der Waals surface area (Å²) in [6.45, 7) is 0. The third-order valence-electron chi connectivity index (χ3n) is 6.97. The number of carbonyl (C=O) groups is 2. The van der Waals surface area contributed by atoms with Crippen LogP contribution in [0.5, 0.6) is 5.88 Å². The van der Waals surface area contributed by atoms with Crippen LogP contribution in [0.3, 0.4) is 0 Å². The van der Waals surface area contributed by atoms with Gasteiger partial charge in [-0.25, -0.2) is 13.4 Å². The second kappa shape index (κ2) is 8.74. The molecule has 10 nitrogen and oxygen atoms in total. The molecule has 0 bridgehead atoms. The van der Waals surface area contributed by atoms with E-state index in [2.05, 4.69) is 15.4 Å². The molecule has 2 fully saturated rings. The highest BCUT2D eigenvalue weighted by Gasteiger charge is 2.54. The monoisotopic (exact) mass is 509 g/mol. The maximum absolute atomic E-state index is 13.0. The summed E-state index contributed by atoms with van der Waals surface area (Å²) in [5, 5.41) is 7.18. The van der Waals surface area contributed by atoms with Crippen LogP contribution in [0.2, 0.25) is 0 Å². The molecular formula is C25H27N5O5S. The van der Waals surface area contributed by atoms with Crippen molar-refractivity contribution in [2.24, 2.45) is 18.2 Å². The minimum absolute atomic E-state index is 0.00166. The molecule has 2 aliphatic carbocycles. The first kappa shape index (κ1) is 24.0. The average Bonchev–Trinajstić information content (AvgIpc) is 3.21. The number of carbonyl (C=O) groups excluding carboxylic acids is 2. The summed E-state index contributed by atoms with van der Waals surface area (Å²) in [7, 11) is -1.74. The standard InChI is InChI=1S/C25H27N5O5S/c1-30-14-17(13-28-30)15-6-16(8-20(7-15)36(2,33)34)23(32)29-18-9-25(10-18)11-19(12-25)35-24-21(22(26)31)4-3-5-27-24/h3-8,13-14,18-19H,9-12H2,1-2H3,(H2,26,31)(H,29,32)/t18-,19-,25?. The second-order valence-corrected chi connectivity index (χ2v) is 11.9. The van der Waals surface area contributed by atoms with E-state index in [1.807, 2.05) is 0 Å². The first-order valence-electron chi connectivity index (χ1n) is 11.6. The van der Waals surface area contributed by atoms with Gasteiger partial charge in [-0.3, -0.25) is 14.3 Å². The van der Waals surface area contributed by atoms with Gasteiger partial charge >= 0.3 is 0 Å². The fraction of sp³-hybridized carbons (Fsp3) is 0.360. The zero-order valence-electron chi connectivity index (χ0n) is 20.0. The van der Waals surface area contributed by atoms with Crippen molar-refractivity contribution in [3.05, 3.63) is 60.0 Å². The molecule has 2 aromatic heterocycles. The summed E-state index contributed by atoms with van der Waals surface area (Å²) in [6.07, 6.45) is 9.27. The van der Waals surface area contributed by atoms with Crippen LogP contribution in [0.15, 0.2) is 53.8 Å². The number of aromatic nitrogens is 3. The Bertz CT molecular complexity index is 1450. The normalized spacial score (nSPS) is 22.9. The number of nitrogens with one attached hydrogen (secondary N) is 1. The Balaban J connectivity index is 1.21.